The minimum atomic E-state index is -0.221. The number of ether oxygens (including phenoxy) is 5. The van der Waals surface area contributed by atoms with Crippen LogP contribution in [0.25, 0.3) is 6.08 Å². The van der Waals surface area contributed by atoms with Gasteiger partial charge >= 0.3 is 0 Å². The SMILES string of the molecule is COc1cc(C=CC(=O)NCc2ccc3c(c2)OCO3)cc(OC)c1OC. The van der Waals surface area contributed by atoms with Gasteiger partial charge in [0.25, 0.3) is 0 Å². The van der Waals surface area contributed by atoms with Crippen molar-refractivity contribution in [1.82, 2.24) is 5.32 Å². The molecule has 3 rings (SSSR count). The molecule has 0 fully saturated rings. The van der Waals surface area contributed by atoms with E-state index in [0.717, 1.165) is 11.1 Å². The summed E-state index contributed by atoms with van der Waals surface area (Å²) in [7, 11) is 4.63. The van der Waals surface area contributed by atoms with Gasteiger partial charge in [-0.1, -0.05) is 6.07 Å². The molecule has 0 radical (unpaired) electrons. The van der Waals surface area contributed by atoms with E-state index in [0.29, 0.717) is 35.3 Å². The van der Waals surface area contributed by atoms with Crippen LogP contribution in [0.2, 0.25) is 0 Å². The first-order chi connectivity index (χ1) is 13.1. The Bertz CT molecular complexity index is 837. The summed E-state index contributed by atoms with van der Waals surface area (Å²) in [6, 6.07) is 9.10. The second kappa shape index (κ2) is 8.35. The van der Waals surface area contributed by atoms with Gasteiger partial charge in [-0.15, -0.1) is 0 Å². The standard InChI is InChI=1S/C20H21NO6/c1-23-17-8-13(9-18(24-2)20(17)25-3)5-7-19(22)21-11-14-4-6-15-16(10-14)27-12-26-15/h4-10H,11-12H2,1-3H3,(H,21,22). The monoisotopic (exact) mass is 371 g/mol. The van der Waals surface area contributed by atoms with E-state index in [1.54, 1.807) is 39.5 Å². The van der Waals surface area contributed by atoms with Gasteiger partial charge in [-0.3, -0.25) is 4.79 Å². The Balaban J connectivity index is 1.64. The second-order valence-corrected chi connectivity index (χ2v) is 5.70. The number of nitrogens with one attached hydrogen (secondary N) is 1. The highest BCUT2D eigenvalue weighted by molar-refractivity contribution is 5.91. The first-order valence-corrected chi connectivity index (χ1v) is 8.29. The van der Waals surface area contributed by atoms with Crippen molar-refractivity contribution in [1.29, 1.82) is 0 Å². The molecule has 7 nitrogen and oxygen atoms in total. The zero-order valence-electron chi connectivity index (χ0n) is 15.4. The second-order valence-electron chi connectivity index (χ2n) is 5.70. The van der Waals surface area contributed by atoms with Gasteiger partial charge in [0.15, 0.2) is 23.0 Å². The van der Waals surface area contributed by atoms with E-state index in [9.17, 15) is 4.79 Å². The van der Waals surface area contributed by atoms with E-state index in [2.05, 4.69) is 5.32 Å². The molecule has 0 saturated carbocycles. The number of hydrogen-bond acceptors (Lipinski definition) is 6. The van der Waals surface area contributed by atoms with Gasteiger partial charge in [-0.05, 0) is 41.5 Å². The third-order valence-corrected chi connectivity index (χ3v) is 4.02. The van der Waals surface area contributed by atoms with E-state index in [-0.39, 0.29) is 12.7 Å². The molecule has 142 valence electrons. The quantitative estimate of drug-likeness (QED) is 0.755. The molecule has 0 saturated heterocycles. The molecular weight excluding hydrogens is 350 g/mol. The number of benzene rings is 2. The lowest BCUT2D eigenvalue weighted by Crippen LogP contribution is -2.20. The van der Waals surface area contributed by atoms with Crippen LogP contribution in [0, 0.1) is 0 Å². The maximum atomic E-state index is 12.1. The fourth-order valence-corrected chi connectivity index (χ4v) is 2.67. The molecule has 0 unspecified atom stereocenters. The fraction of sp³-hybridized carbons (Fsp3) is 0.250. The van der Waals surface area contributed by atoms with Crippen LogP contribution in [-0.4, -0.2) is 34.0 Å². The number of methoxy groups -OCH3 is 3. The summed E-state index contributed by atoms with van der Waals surface area (Å²) < 4.78 is 26.5. The summed E-state index contributed by atoms with van der Waals surface area (Å²) in [5.74, 6) is 2.74. The molecular formula is C20H21NO6. The zero-order chi connectivity index (χ0) is 19.2. The minimum absolute atomic E-state index is 0.221. The molecule has 2 aromatic rings. The predicted molar refractivity (Wildman–Crippen MR) is 99.5 cm³/mol. The Morgan fingerprint density at radius 1 is 1.04 bits per heavy atom. The molecule has 1 N–H and O–H groups in total. The normalized spacial score (nSPS) is 12.1. The molecule has 0 aliphatic carbocycles. The Kier molecular flexibility index (Phi) is 5.71. The van der Waals surface area contributed by atoms with Crippen LogP contribution < -0.4 is 29.0 Å². The highest BCUT2D eigenvalue weighted by atomic mass is 16.7. The van der Waals surface area contributed by atoms with Gasteiger partial charge in [0.05, 0.1) is 21.3 Å². The summed E-state index contributed by atoms with van der Waals surface area (Å²) in [6.07, 6.45) is 3.13. The van der Waals surface area contributed by atoms with Crippen molar-refractivity contribution < 1.29 is 28.5 Å². The lowest BCUT2D eigenvalue weighted by molar-refractivity contribution is -0.116. The van der Waals surface area contributed by atoms with Crippen molar-refractivity contribution >= 4 is 12.0 Å². The Hall–Kier alpha value is -3.35. The average Bonchev–Trinajstić information content (AvgIpc) is 3.17. The van der Waals surface area contributed by atoms with Crippen molar-refractivity contribution in [2.75, 3.05) is 28.1 Å². The fourth-order valence-electron chi connectivity index (χ4n) is 2.67. The van der Waals surface area contributed by atoms with Gasteiger partial charge in [-0.2, -0.15) is 0 Å². The maximum Gasteiger partial charge on any atom is 0.244 e. The Morgan fingerprint density at radius 3 is 2.41 bits per heavy atom. The summed E-state index contributed by atoms with van der Waals surface area (Å²) in [5, 5.41) is 2.83. The van der Waals surface area contributed by atoms with Crippen LogP contribution in [0.3, 0.4) is 0 Å². The van der Waals surface area contributed by atoms with Gasteiger partial charge < -0.3 is 29.0 Å². The Labute approximate surface area is 157 Å². The van der Waals surface area contributed by atoms with Crippen molar-refractivity contribution in [3.63, 3.8) is 0 Å². The molecule has 0 spiro atoms. The van der Waals surface area contributed by atoms with Crippen LogP contribution in [0.5, 0.6) is 28.7 Å². The third kappa shape index (κ3) is 4.25. The van der Waals surface area contributed by atoms with Crippen LogP contribution in [0.15, 0.2) is 36.4 Å². The summed E-state index contributed by atoms with van der Waals surface area (Å²) >= 11 is 0. The summed E-state index contributed by atoms with van der Waals surface area (Å²) in [5.41, 5.74) is 1.68. The maximum absolute atomic E-state index is 12.1. The first kappa shape index (κ1) is 18.4. The van der Waals surface area contributed by atoms with E-state index in [4.69, 9.17) is 23.7 Å². The van der Waals surface area contributed by atoms with E-state index in [1.807, 2.05) is 18.2 Å². The third-order valence-electron chi connectivity index (χ3n) is 4.02. The van der Waals surface area contributed by atoms with Crippen molar-refractivity contribution in [3.8, 4) is 28.7 Å². The first-order valence-electron chi connectivity index (χ1n) is 8.29. The molecule has 27 heavy (non-hydrogen) atoms. The predicted octanol–water partition coefficient (Wildman–Crippen LogP) is 2.77. The molecule has 1 aliphatic heterocycles. The molecule has 7 heteroatoms. The molecule has 1 aliphatic rings. The smallest absolute Gasteiger partial charge is 0.244 e. The Morgan fingerprint density at radius 2 is 1.74 bits per heavy atom. The van der Waals surface area contributed by atoms with E-state index in [1.165, 1.54) is 6.08 Å². The van der Waals surface area contributed by atoms with E-state index < -0.39 is 0 Å². The minimum Gasteiger partial charge on any atom is -0.493 e. The van der Waals surface area contributed by atoms with Crippen LogP contribution in [-0.2, 0) is 11.3 Å². The van der Waals surface area contributed by atoms with Crippen LogP contribution in [0.1, 0.15) is 11.1 Å². The average molecular weight is 371 g/mol. The number of hydrogen-bond donors (Lipinski definition) is 1. The molecule has 2 aromatic carbocycles. The van der Waals surface area contributed by atoms with Crippen molar-refractivity contribution in [2.45, 2.75) is 6.54 Å². The number of fused-ring (bicyclic) bond motifs is 1. The molecule has 0 atom stereocenters. The number of rotatable bonds is 7. The number of carbonyl (C=O) groups is 1. The lowest BCUT2D eigenvalue weighted by Gasteiger charge is -2.12. The molecule has 0 bridgehead atoms. The number of carbonyl (C=O) groups excluding carboxylic acids is 1. The highest BCUT2D eigenvalue weighted by Gasteiger charge is 2.14. The van der Waals surface area contributed by atoms with Gasteiger partial charge in [0.2, 0.25) is 18.4 Å². The largest absolute Gasteiger partial charge is 0.493 e. The van der Waals surface area contributed by atoms with Gasteiger partial charge in [0, 0.05) is 12.6 Å². The number of amides is 1. The van der Waals surface area contributed by atoms with Crippen LogP contribution >= 0.6 is 0 Å². The lowest BCUT2D eigenvalue weighted by atomic mass is 10.1. The summed E-state index contributed by atoms with van der Waals surface area (Å²) in [4.78, 5) is 12.1. The van der Waals surface area contributed by atoms with Gasteiger partial charge in [0.1, 0.15) is 0 Å². The highest BCUT2D eigenvalue weighted by Crippen LogP contribution is 2.38. The topological polar surface area (TPSA) is 75.3 Å². The van der Waals surface area contributed by atoms with Crippen LogP contribution in [0.4, 0.5) is 0 Å². The van der Waals surface area contributed by atoms with Crippen molar-refractivity contribution in [2.24, 2.45) is 0 Å². The molecule has 1 heterocycles. The summed E-state index contributed by atoms with van der Waals surface area (Å²) in [6.45, 7) is 0.609. The molecule has 1 amide bonds. The van der Waals surface area contributed by atoms with E-state index >= 15 is 0 Å². The van der Waals surface area contributed by atoms with Crippen molar-refractivity contribution in [3.05, 3.63) is 47.5 Å². The molecule has 0 aromatic heterocycles. The van der Waals surface area contributed by atoms with Gasteiger partial charge in [-0.25, -0.2) is 0 Å². The zero-order valence-corrected chi connectivity index (χ0v) is 15.4.